The van der Waals surface area contributed by atoms with Gasteiger partial charge in [-0.25, -0.2) is 0 Å². The zero-order valence-electron chi connectivity index (χ0n) is 15.6. The van der Waals surface area contributed by atoms with Crippen LogP contribution in [0.3, 0.4) is 0 Å². The molecule has 2 N–H and O–H groups in total. The third kappa shape index (κ3) is 6.29. The van der Waals surface area contributed by atoms with Gasteiger partial charge in [0, 0.05) is 45.8 Å². The molecular weight excluding hydrogens is 338 g/mol. The monoisotopic (exact) mass is 367 g/mol. The summed E-state index contributed by atoms with van der Waals surface area (Å²) in [6, 6.07) is 0.162. The third-order valence-electron chi connectivity index (χ3n) is 4.50. The number of likely N-dealkylation sites (N-methyl/N-ethyl adjacent to an activating group) is 1. The molecule has 0 aromatic rings. The van der Waals surface area contributed by atoms with Gasteiger partial charge in [-0.15, -0.1) is 0 Å². The molecule has 1 aliphatic carbocycles. The molecule has 0 radical (unpaired) electrons. The first-order valence-electron chi connectivity index (χ1n) is 9.23. The highest BCUT2D eigenvalue weighted by atomic mass is 16.2. The fourth-order valence-electron chi connectivity index (χ4n) is 2.66. The van der Waals surface area contributed by atoms with E-state index in [0.717, 1.165) is 19.3 Å². The van der Waals surface area contributed by atoms with Crippen molar-refractivity contribution in [3.63, 3.8) is 0 Å². The number of rotatable bonds is 7. The van der Waals surface area contributed by atoms with E-state index in [0.29, 0.717) is 32.7 Å². The van der Waals surface area contributed by atoms with Crippen molar-refractivity contribution in [3.05, 3.63) is 0 Å². The molecule has 2 aliphatic rings. The second kappa shape index (κ2) is 9.51. The van der Waals surface area contributed by atoms with Crippen LogP contribution < -0.4 is 10.6 Å². The van der Waals surface area contributed by atoms with E-state index < -0.39 is 11.8 Å². The van der Waals surface area contributed by atoms with E-state index in [1.54, 1.807) is 7.05 Å². The Bertz CT molecular complexity index is 541. The summed E-state index contributed by atoms with van der Waals surface area (Å²) in [5.41, 5.74) is 0. The summed E-state index contributed by atoms with van der Waals surface area (Å²) in [4.78, 5) is 52.7. The molecule has 1 heterocycles. The number of nitrogens with zero attached hydrogens (tertiary/aromatic N) is 3. The van der Waals surface area contributed by atoms with Crippen molar-refractivity contribution in [1.29, 1.82) is 0 Å². The van der Waals surface area contributed by atoms with Gasteiger partial charge in [-0.1, -0.05) is 6.92 Å². The van der Waals surface area contributed by atoms with Crippen LogP contribution in [0.4, 0.5) is 0 Å². The Labute approximate surface area is 154 Å². The van der Waals surface area contributed by atoms with Crippen molar-refractivity contribution in [2.45, 2.75) is 32.2 Å². The number of carbonyl (C=O) groups is 4. The molecule has 0 aromatic carbocycles. The molecule has 9 nitrogen and oxygen atoms in total. The largest absolute Gasteiger partial charge is 0.355 e. The van der Waals surface area contributed by atoms with Gasteiger partial charge in [-0.05, 0) is 19.3 Å². The van der Waals surface area contributed by atoms with E-state index in [4.69, 9.17) is 0 Å². The maximum atomic E-state index is 12.2. The molecule has 1 aliphatic heterocycles. The number of hydrogen-bond donors (Lipinski definition) is 2. The van der Waals surface area contributed by atoms with Gasteiger partial charge < -0.3 is 20.4 Å². The van der Waals surface area contributed by atoms with Gasteiger partial charge in [0.1, 0.15) is 0 Å². The lowest BCUT2D eigenvalue weighted by Crippen LogP contribution is -2.54. The van der Waals surface area contributed by atoms with Crippen molar-refractivity contribution < 1.29 is 19.2 Å². The van der Waals surface area contributed by atoms with Crippen LogP contribution in [-0.2, 0) is 19.2 Å². The topological polar surface area (TPSA) is 102 Å². The van der Waals surface area contributed by atoms with Gasteiger partial charge in [0.05, 0.1) is 13.1 Å². The Balaban J connectivity index is 1.68. The minimum atomic E-state index is -0.533. The predicted molar refractivity (Wildman–Crippen MR) is 95.1 cm³/mol. The lowest BCUT2D eigenvalue weighted by atomic mass is 10.3. The summed E-state index contributed by atoms with van der Waals surface area (Å²) in [7, 11) is 1.61. The Kier molecular flexibility index (Phi) is 7.38. The van der Waals surface area contributed by atoms with Crippen molar-refractivity contribution in [2.24, 2.45) is 0 Å². The van der Waals surface area contributed by atoms with Crippen molar-refractivity contribution in [2.75, 3.05) is 52.9 Å². The molecule has 1 saturated heterocycles. The first-order valence-corrected chi connectivity index (χ1v) is 9.23. The normalized spacial score (nSPS) is 17.5. The summed E-state index contributed by atoms with van der Waals surface area (Å²) in [5.74, 6) is -1.33. The molecule has 0 atom stereocenters. The summed E-state index contributed by atoms with van der Waals surface area (Å²) in [5, 5.41) is 5.44. The lowest BCUT2D eigenvalue weighted by molar-refractivity contribution is -0.147. The zero-order chi connectivity index (χ0) is 19.1. The molecular formula is C17H29N5O4. The highest BCUT2D eigenvalue weighted by Gasteiger charge is 2.31. The van der Waals surface area contributed by atoms with E-state index >= 15 is 0 Å². The first-order chi connectivity index (χ1) is 12.4. The average molecular weight is 367 g/mol. The van der Waals surface area contributed by atoms with Crippen LogP contribution in [0.5, 0.6) is 0 Å². The molecule has 9 heteroatoms. The highest BCUT2D eigenvalue weighted by Crippen LogP contribution is 2.18. The highest BCUT2D eigenvalue weighted by molar-refractivity contribution is 6.35. The molecule has 0 aromatic heterocycles. The molecule has 1 saturated carbocycles. The summed E-state index contributed by atoms with van der Waals surface area (Å²) in [6.07, 6.45) is 2.74. The van der Waals surface area contributed by atoms with Crippen LogP contribution in [0.15, 0.2) is 0 Å². The first kappa shape index (κ1) is 20.2. The van der Waals surface area contributed by atoms with Crippen LogP contribution in [0.1, 0.15) is 26.2 Å². The van der Waals surface area contributed by atoms with Gasteiger partial charge in [-0.2, -0.15) is 0 Å². The number of carbonyl (C=O) groups excluding carboxylic acids is 4. The van der Waals surface area contributed by atoms with E-state index in [1.165, 1.54) is 9.80 Å². The van der Waals surface area contributed by atoms with Crippen LogP contribution in [0.25, 0.3) is 0 Å². The second-order valence-electron chi connectivity index (χ2n) is 6.92. The van der Waals surface area contributed by atoms with Crippen LogP contribution >= 0.6 is 0 Å². The molecule has 26 heavy (non-hydrogen) atoms. The van der Waals surface area contributed by atoms with E-state index in [9.17, 15) is 19.2 Å². The van der Waals surface area contributed by atoms with E-state index in [-0.39, 0.29) is 30.9 Å². The molecule has 146 valence electrons. The summed E-state index contributed by atoms with van der Waals surface area (Å²) < 4.78 is 0. The van der Waals surface area contributed by atoms with Gasteiger partial charge in [0.25, 0.3) is 0 Å². The number of piperazine rings is 1. The maximum absolute atomic E-state index is 12.2. The standard InChI is InChI=1S/C17H29N5O4/c1-3-6-18-14(23)11-20(2)15(24)12-21-7-9-22(10-8-21)17(26)16(25)19-13-4-5-13/h13H,3-12H2,1-2H3,(H,18,23)(H,19,25). The quantitative estimate of drug-likeness (QED) is 0.528. The summed E-state index contributed by atoms with van der Waals surface area (Å²) in [6.45, 7) is 4.72. The predicted octanol–water partition coefficient (Wildman–Crippen LogP) is -1.61. The van der Waals surface area contributed by atoms with Gasteiger partial charge in [0.2, 0.25) is 11.8 Å². The van der Waals surface area contributed by atoms with E-state index in [2.05, 4.69) is 10.6 Å². The van der Waals surface area contributed by atoms with Crippen molar-refractivity contribution in [3.8, 4) is 0 Å². The van der Waals surface area contributed by atoms with E-state index in [1.807, 2.05) is 11.8 Å². The number of hydrogen-bond acceptors (Lipinski definition) is 5. The average Bonchev–Trinajstić information content (AvgIpc) is 3.43. The lowest BCUT2D eigenvalue weighted by Gasteiger charge is -2.34. The Morgan fingerprint density at radius 2 is 1.73 bits per heavy atom. The fraction of sp³-hybridized carbons (Fsp3) is 0.765. The Morgan fingerprint density at radius 1 is 1.08 bits per heavy atom. The van der Waals surface area contributed by atoms with Crippen molar-refractivity contribution >= 4 is 23.6 Å². The van der Waals surface area contributed by atoms with Gasteiger partial charge in [0.15, 0.2) is 0 Å². The molecule has 0 spiro atoms. The SMILES string of the molecule is CCCNC(=O)CN(C)C(=O)CN1CCN(C(=O)C(=O)NC2CC2)CC1. The maximum Gasteiger partial charge on any atom is 0.311 e. The van der Waals surface area contributed by atoms with Crippen LogP contribution in [-0.4, -0.2) is 97.2 Å². The van der Waals surface area contributed by atoms with Crippen molar-refractivity contribution in [1.82, 2.24) is 25.3 Å². The minimum absolute atomic E-state index is 0.0403. The Morgan fingerprint density at radius 3 is 2.31 bits per heavy atom. The molecule has 0 bridgehead atoms. The third-order valence-corrected chi connectivity index (χ3v) is 4.50. The smallest absolute Gasteiger partial charge is 0.311 e. The van der Waals surface area contributed by atoms with Crippen LogP contribution in [0, 0.1) is 0 Å². The Hall–Kier alpha value is -2.16. The molecule has 2 rings (SSSR count). The van der Waals surface area contributed by atoms with Gasteiger partial charge in [-0.3, -0.25) is 24.1 Å². The zero-order valence-corrected chi connectivity index (χ0v) is 15.6. The number of amides is 4. The number of nitrogens with one attached hydrogen (secondary N) is 2. The summed E-state index contributed by atoms with van der Waals surface area (Å²) >= 11 is 0. The molecule has 0 unspecified atom stereocenters. The van der Waals surface area contributed by atoms with Gasteiger partial charge >= 0.3 is 11.8 Å². The molecule has 2 fully saturated rings. The van der Waals surface area contributed by atoms with Crippen LogP contribution in [0.2, 0.25) is 0 Å². The second-order valence-corrected chi connectivity index (χ2v) is 6.92. The molecule has 4 amide bonds. The minimum Gasteiger partial charge on any atom is -0.355 e. The fourth-order valence-corrected chi connectivity index (χ4v) is 2.66.